The van der Waals surface area contributed by atoms with Gasteiger partial charge in [0.05, 0.1) is 12.4 Å². The molecule has 0 aliphatic carbocycles. The van der Waals surface area contributed by atoms with Gasteiger partial charge in [0, 0.05) is 41.1 Å². The summed E-state index contributed by atoms with van der Waals surface area (Å²) in [6, 6.07) is 5.10. The van der Waals surface area contributed by atoms with Gasteiger partial charge in [-0.15, -0.1) is 13.2 Å². The van der Waals surface area contributed by atoms with Gasteiger partial charge in [-0.1, -0.05) is 0 Å². The van der Waals surface area contributed by atoms with Gasteiger partial charge in [-0.05, 0) is 31.2 Å². The van der Waals surface area contributed by atoms with Crippen LogP contribution in [0.4, 0.5) is 13.2 Å². The molecular formula is C18H14F3N5O2. The van der Waals surface area contributed by atoms with Gasteiger partial charge >= 0.3 is 6.36 Å². The van der Waals surface area contributed by atoms with E-state index in [-0.39, 0.29) is 11.3 Å². The van der Waals surface area contributed by atoms with Crippen molar-refractivity contribution in [1.82, 2.24) is 24.5 Å². The zero-order chi connectivity index (χ0) is 19.9. The quantitative estimate of drug-likeness (QED) is 0.580. The molecule has 28 heavy (non-hydrogen) atoms. The zero-order valence-electron chi connectivity index (χ0n) is 14.6. The predicted molar refractivity (Wildman–Crippen MR) is 95.3 cm³/mol. The van der Waals surface area contributed by atoms with Crippen LogP contribution in [0.15, 0.2) is 53.8 Å². The molecule has 10 heteroatoms. The number of benzene rings is 1. The van der Waals surface area contributed by atoms with Crippen LogP contribution in [0.3, 0.4) is 0 Å². The number of aromatic amines is 1. The summed E-state index contributed by atoms with van der Waals surface area (Å²) >= 11 is 0. The fourth-order valence-corrected chi connectivity index (χ4v) is 3.05. The number of ether oxygens (including phenoxy) is 1. The van der Waals surface area contributed by atoms with Crippen LogP contribution in [0.25, 0.3) is 27.7 Å². The molecule has 1 aromatic carbocycles. The van der Waals surface area contributed by atoms with E-state index in [4.69, 9.17) is 0 Å². The number of aryl methyl sites for hydroxylation is 1. The Bertz CT molecular complexity index is 1180. The number of aromatic nitrogens is 5. The van der Waals surface area contributed by atoms with E-state index in [0.29, 0.717) is 23.1 Å². The van der Waals surface area contributed by atoms with Crippen LogP contribution < -0.4 is 10.3 Å². The Morgan fingerprint density at radius 2 is 1.93 bits per heavy atom. The Morgan fingerprint density at radius 3 is 2.54 bits per heavy atom. The molecule has 7 nitrogen and oxygen atoms in total. The fraction of sp³-hybridized carbons (Fsp3) is 0.167. The molecule has 0 amide bonds. The molecule has 0 aliphatic heterocycles. The molecule has 0 saturated heterocycles. The Morgan fingerprint density at radius 1 is 1.18 bits per heavy atom. The van der Waals surface area contributed by atoms with Crippen molar-refractivity contribution in [2.24, 2.45) is 0 Å². The van der Waals surface area contributed by atoms with E-state index >= 15 is 0 Å². The molecule has 0 fully saturated rings. The maximum atomic E-state index is 13.1. The molecule has 144 valence electrons. The lowest BCUT2D eigenvalue weighted by Crippen LogP contribution is -2.21. The number of hydrogen-bond acceptors (Lipinski definition) is 4. The summed E-state index contributed by atoms with van der Waals surface area (Å²) in [5, 5.41) is 11.6. The van der Waals surface area contributed by atoms with Gasteiger partial charge in [-0.3, -0.25) is 19.1 Å². The molecule has 4 rings (SSSR count). The predicted octanol–water partition coefficient (Wildman–Crippen LogP) is 3.50. The highest BCUT2D eigenvalue weighted by Gasteiger charge is 2.31. The summed E-state index contributed by atoms with van der Waals surface area (Å²) < 4.78 is 43.9. The molecule has 0 saturated carbocycles. The minimum atomic E-state index is -4.78. The van der Waals surface area contributed by atoms with Crippen molar-refractivity contribution < 1.29 is 17.9 Å². The largest absolute Gasteiger partial charge is 0.573 e. The van der Waals surface area contributed by atoms with Crippen molar-refractivity contribution in [3.05, 3.63) is 59.4 Å². The van der Waals surface area contributed by atoms with E-state index in [1.54, 1.807) is 29.5 Å². The number of halogens is 3. The van der Waals surface area contributed by atoms with Crippen LogP contribution in [0.5, 0.6) is 5.75 Å². The lowest BCUT2D eigenvalue weighted by molar-refractivity contribution is -0.274. The third-order valence-electron chi connectivity index (χ3n) is 4.27. The Kier molecular flexibility index (Phi) is 4.17. The molecule has 0 bridgehead atoms. The number of H-pyrrole nitrogens is 1. The Labute approximate surface area is 156 Å². The van der Waals surface area contributed by atoms with E-state index in [2.05, 4.69) is 20.0 Å². The molecule has 0 spiro atoms. The maximum Gasteiger partial charge on any atom is 0.573 e. The topological polar surface area (TPSA) is 77.7 Å². The second-order valence-electron chi connectivity index (χ2n) is 5.97. The Hall–Kier alpha value is -3.56. The number of pyridine rings is 1. The third kappa shape index (κ3) is 3.13. The van der Waals surface area contributed by atoms with Crippen molar-refractivity contribution >= 4 is 10.9 Å². The first kappa shape index (κ1) is 17.8. The average molecular weight is 389 g/mol. The summed E-state index contributed by atoms with van der Waals surface area (Å²) in [5.74, 6) is -0.362. The molecule has 0 radical (unpaired) electrons. The number of nitrogens with zero attached hydrogens (tertiary/aromatic N) is 4. The van der Waals surface area contributed by atoms with E-state index in [1.807, 2.05) is 6.92 Å². The third-order valence-corrected chi connectivity index (χ3v) is 4.27. The second kappa shape index (κ2) is 6.55. The number of alkyl halides is 3. The SMILES string of the molecule is CCn1ncc2c(-c3cn[nH]c3)cn(-c3ccc(OC(F)(F)F)cc3)c(=O)c21. The van der Waals surface area contributed by atoms with Crippen LogP contribution in [0.1, 0.15) is 6.92 Å². The van der Waals surface area contributed by atoms with Crippen LogP contribution in [-0.4, -0.2) is 30.9 Å². The van der Waals surface area contributed by atoms with E-state index in [1.165, 1.54) is 16.7 Å². The summed E-state index contributed by atoms with van der Waals surface area (Å²) in [7, 11) is 0. The number of hydrogen-bond donors (Lipinski definition) is 1. The highest BCUT2D eigenvalue weighted by atomic mass is 19.4. The summed E-state index contributed by atoms with van der Waals surface area (Å²) in [4.78, 5) is 13.1. The van der Waals surface area contributed by atoms with E-state index in [9.17, 15) is 18.0 Å². The monoisotopic (exact) mass is 389 g/mol. The highest BCUT2D eigenvalue weighted by molar-refractivity contribution is 5.93. The Balaban J connectivity index is 1.90. The van der Waals surface area contributed by atoms with Gasteiger partial charge in [-0.25, -0.2) is 0 Å². The molecule has 1 N–H and O–H groups in total. The van der Waals surface area contributed by atoms with Gasteiger partial charge in [0.1, 0.15) is 11.3 Å². The van der Waals surface area contributed by atoms with Gasteiger partial charge in [-0.2, -0.15) is 10.2 Å². The zero-order valence-corrected chi connectivity index (χ0v) is 14.6. The molecule has 0 atom stereocenters. The number of fused-ring (bicyclic) bond motifs is 1. The van der Waals surface area contributed by atoms with Gasteiger partial charge < -0.3 is 4.74 Å². The van der Waals surface area contributed by atoms with Crippen LogP contribution in [-0.2, 0) is 6.54 Å². The van der Waals surface area contributed by atoms with Crippen molar-refractivity contribution in [2.45, 2.75) is 19.8 Å². The number of rotatable bonds is 4. The van der Waals surface area contributed by atoms with Crippen LogP contribution in [0.2, 0.25) is 0 Å². The smallest absolute Gasteiger partial charge is 0.406 e. The van der Waals surface area contributed by atoms with Crippen LogP contribution in [0, 0.1) is 0 Å². The van der Waals surface area contributed by atoms with E-state index < -0.39 is 6.36 Å². The second-order valence-corrected chi connectivity index (χ2v) is 5.97. The first-order chi connectivity index (χ1) is 13.4. The van der Waals surface area contributed by atoms with Gasteiger partial charge in [0.25, 0.3) is 5.56 Å². The molecule has 3 aromatic heterocycles. The van der Waals surface area contributed by atoms with Crippen molar-refractivity contribution in [2.75, 3.05) is 0 Å². The summed E-state index contributed by atoms with van der Waals surface area (Å²) in [6.45, 7) is 2.36. The number of nitrogens with one attached hydrogen (secondary N) is 1. The molecular weight excluding hydrogens is 375 g/mol. The van der Waals surface area contributed by atoms with Crippen LogP contribution >= 0.6 is 0 Å². The van der Waals surface area contributed by atoms with Crippen molar-refractivity contribution in [1.29, 1.82) is 0 Å². The molecule has 0 aliphatic rings. The van der Waals surface area contributed by atoms with Gasteiger partial charge in [0.2, 0.25) is 0 Å². The average Bonchev–Trinajstić information content (AvgIpc) is 3.31. The normalized spacial score (nSPS) is 11.9. The minimum absolute atomic E-state index is 0.328. The lowest BCUT2D eigenvalue weighted by atomic mass is 10.1. The highest BCUT2D eigenvalue weighted by Crippen LogP contribution is 2.28. The van der Waals surface area contributed by atoms with Crippen molar-refractivity contribution in [3.8, 4) is 22.6 Å². The molecule has 4 aromatic rings. The first-order valence-electron chi connectivity index (χ1n) is 8.34. The summed E-state index contributed by atoms with van der Waals surface area (Å²) in [5.41, 5.74) is 1.95. The first-order valence-corrected chi connectivity index (χ1v) is 8.34. The van der Waals surface area contributed by atoms with Gasteiger partial charge in [0.15, 0.2) is 0 Å². The van der Waals surface area contributed by atoms with Crippen molar-refractivity contribution in [3.63, 3.8) is 0 Å². The van der Waals surface area contributed by atoms with E-state index in [0.717, 1.165) is 23.3 Å². The fourth-order valence-electron chi connectivity index (χ4n) is 3.05. The summed E-state index contributed by atoms with van der Waals surface area (Å²) in [6.07, 6.45) is 1.77. The minimum Gasteiger partial charge on any atom is -0.406 e. The maximum absolute atomic E-state index is 13.1. The molecule has 0 unspecified atom stereocenters. The molecule has 3 heterocycles. The standard InChI is InChI=1S/C18H14F3N5O2/c1-2-26-16-14(9-24-26)15(11-7-22-23-8-11)10-25(17(16)27)12-3-5-13(6-4-12)28-18(19,20)21/h3-10H,2H2,1H3,(H,22,23). The lowest BCUT2D eigenvalue weighted by Gasteiger charge is -2.12.